The Morgan fingerprint density at radius 3 is 2.23 bits per heavy atom. The maximum atomic E-state index is 12.5. The van der Waals surface area contributed by atoms with Crippen LogP contribution >= 0.6 is 0 Å². The SMILES string of the molecule is N#Cc1ccc(-c2ccccc2)c(OS(=O)(=O)C(F)(F)F)c1. The predicted molar refractivity (Wildman–Crippen MR) is 72.2 cm³/mol. The zero-order valence-corrected chi connectivity index (χ0v) is 11.6. The number of alkyl halides is 3. The van der Waals surface area contributed by atoms with Crippen molar-refractivity contribution in [2.45, 2.75) is 5.51 Å². The van der Waals surface area contributed by atoms with E-state index in [2.05, 4.69) is 4.18 Å². The third kappa shape index (κ3) is 3.20. The minimum absolute atomic E-state index is 0.0212. The van der Waals surface area contributed by atoms with Crippen molar-refractivity contribution < 1.29 is 25.8 Å². The smallest absolute Gasteiger partial charge is 0.375 e. The second kappa shape index (κ2) is 5.69. The third-order valence-corrected chi connectivity index (χ3v) is 3.64. The van der Waals surface area contributed by atoms with Gasteiger partial charge in [-0.05, 0) is 17.7 Å². The molecule has 0 aliphatic carbocycles. The topological polar surface area (TPSA) is 67.2 Å². The van der Waals surface area contributed by atoms with Gasteiger partial charge in [0.25, 0.3) is 0 Å². The Bertz CT molecular complexity index is 825. The summed E-state index contributed by atoms with van der Waals surface area (Å²) in [7, 11) is -5.82. The first-order chi connectivity index (χ1) is 10.2. The van der Waals surface area contributed by atoms with E-state index in [1.54, 1.807) is 36.4 Å². The Balaban J connectivity index is 2.57. The molecule has 114 valence electrons. The van der Waals surface area contributed by atoms with Gasteiger partial charge in [0.15, 0.2) is 5.75 Å². The quantitative estimate of drug-likeness (QED) is 0.639. The second-order valence-electron chi connectivity index (χ2n) is 4.17. The molecule has 0 amide bonds. The molecule has 0 aliphatic heterocycles. The molecule has 0 atom stereocenters. The molecule has 2 aromatic carbocycles. The molecule has 2 aromatic rings. The summed E-state index contributed by atoms with van der Waals surface area (Å²) in [6, 6.07) is 13.5. The van der Waals surface area contributed by atoms with Crippen LogP contribution in [0, 0.1) is 11.3 Å². The molecule has 4 nitrogen and oxygen atoms in total. The molecule has 0 spiro atoms. The lowest BCUT2D eigenvalue weighted by Crippen LogP contribution is -2.28. The normalized spacial score (nSPS) is 11.7. The Hall–Kier alpha value is -2.53. The Morgan fingerprint density at radius 1 is 1.05 bits per heavy atom. The molecule has 0 radical (unpaired) electrons. The Kier molecular flexibility index (Phi) is 4.10. The van der Waals surface area contributed by atoms with Gasteiger partial charge >= 0.3 is 15.6 Å². The van der Waals surface area contributed by atoms with Gasteiger partial charge in [0, 0.05) is 11.6 Å². The Labute approximate surface area is 124 Å². The zero-order valence-electron chi connectivity index (χ0n) is 10.8. The van der Waals surface area contributed by atoms with Crippen LogP contribution in [-0.2, 0) is 10.1 Å². The van der Waals surface area contributed by atoms with Crippen LogP contribution in [0.5, 0.6) is 5.75 Å². The van der Waals surface area contributed by atoms with E-state index >= 15 is 0 Å². The van der Waals surface area contributed by atoms with Crippen molar-refractivity contribution in [3.05, 3.63) is 54.1 Å². The summed E-state index contributed by atoms with van der Waals surface area (Å²) in [5.74, 6) is -0.553. The van der Waals surface area contributed by atoms with Crippen LogP contribution in [-0.4, -0.2) is 13.9 Å². The van der Waals surface area contributed by atoms with Crippen LogP contribution in [0.4, 0.5) is 13.2 Å². The van der Waals surface area contributed by atoms with Crippen LogP contribution in [0.3, 0.4) is 0 Å². The molecule has 0 unspecified atom stereocenters. The van der Waals surface area contributed by atoms with Crippen molar-refractivity contribution in [1.29, 1.82) is 5.26 Å². The maximum absolute atomic E-state index is 12.5. The van der Waals surface area contributed by atoms with E-state index in [4.69, 9.17) is 5.26 Å². The molecule has 0 N–H and O–H groups in total. The van der Waals surface area contributed by atoms with Crippen LogP contribution in [0.15, 0.2) is 48.5 Å². The van der Waals surface area contributed by atoms with Gasteiger partial charge in [-0.2, -0.15) is 26.9 Å². The lowest BCUT2D eigenvalue weighted by Gasteiger charge is -2.13. The van der Waals surface area contributed by atoms with E-state index in [0.717, 1.165) is 6.07 Å². The molecule has 0 saturated carbocycles. The molecule has 2 rings (SSSR count). The largest absolute Gasteiger partial charge is 0.534 e. The van der Waals surface area contributed by atoms with E-state index in [-0.39, 0.29) is 11.1 Å². The summed E-state index contributed by atoms with van der Waals surface area (Å²) < 4.78 is 63.9. The van der Waals surface area contributed by atoms with E-state index in [9.17, 15) is 21.6 Å². The molecule has 0 aliphatic rings. The minimum Gasteiger partial charge on any atom is -0.375 e. The van der Waals surface area contributed by atoms with Gasteiger partial charge < -0.3 is 4.18 Å². The Morgan fingerprint density at radius 2 is 1.68 bits per heavy atom. The molecule has 22 heavy (non-hydrogen) atoms. The predicted octanol–water partition coefficient (Wildman–Crippen LogP) is 3.45. The minimum atomic E-state index is -5.82. The van der Waals surface area contributed by atoms with E-state index in [1.165, 1.54) is 12.1 Å². The van der Waals surface area contributed by atoms with Gasteiger partial charge in [-0.15, -0.1) is 0 Å². The van der Waals surface area contributed by atoms with Crippen molar-refractivity contribution >= 4 is 10.1 Å². The fourth-order valence-electron chi connectivity index (χ4n) is 1.68. The lowest BCUT2D eigenvalue weighted by atomic mass is 10.0. The van der Waals surface area contributed by atoms with Crippen molar-refractivity contribution in [2.75, 3.05) is 0 Å². The molecule has 8 heteroatoms. The summed E-state index contributed by atoms with van der Waals surface area (Å²) in [6.45, 7) is 0. The van der Waals surface area contributed by atoms with Crippen LogP contribution < -0.4 is 4.18 Å². The number of nitriles is 1. The molecular formula is C14H8F3NO3S. The first kappa shape index (κ1) is 15.9. The molecule has 0 bridgehead atoms. The number of hydrogen-bond acceptors (Lipinski definition) is 4. The number of nitrogens with zero attached hydrogens (tertiary/aromatic N) is 1. The highest BCUT2D eigenvalue weighted by Gasteiger charge is 2.48. The van der Waals surface area contributed by atoms with Crippen molar-refractivity contribution in [3.63, 3.8) is 0 Å². The van der Waals surface area contributed by atoms with E-state index < -0.39 is 21.4 Å². The average Bonchev–Trinajstić information content (AvgIpc) is 2.46. The van der Waals surface area contributed by atoms with Crippen LogP contribution in [0.1, 0.15) is 5.56 Å². The van der Waals surface area contributed by atoms with Crippen molar-refractivity contribution in [3.8, 4) is 22.9 Å². The maximum Gasteiger partial charge on any atom is 0.534 e. The summed E-state index contributed by atoms with van der Waals surface area (Å²) in [4.78, 5) is 0. The fraction of sp³-hybridized carbons (Fsp3) is 0.0714. The number of benzene rings is 2. The first-order valence-corrected chi connectivity index (χ1v) is 7.26. The highest BCUT2D eigenvalue weighted by Crippen LogP contribution is 2.34. The van der Waals surface area contributed by atoms with Gasteiger partial charge in [-0.3, -0.25) is 0 Å². The van der Waals surface area contributed by atoms with Crippen molar-refractivity contribution in [1.82, 2.24) is 0 Å². The lowest BCUT2D eigenvalue weighted by molar-refractivity contribution is -0.0499. The molecule has 0 saturated heterocycles. The number of halogens is 3. The van der Waals surface area contributed by atoms with Crippen LogP contribution in [0.25, 0.3) is 11.1 Å². The van der Waals surface area contributed by atoms with E-state index in [1.807, 2.05) is 0 Å². The first-order valence-electron chi connectivity index (χ1n) is 5.85. The summed E-state index contributed by atoms with van der Waals surface area (Å²) >= 11 is 0. The average molecular weight is 327 g/mol. The summed E-state index contributed by atoms with van der Waals surface area (Å²) in [5, 5.41) is 8.80. The number of hydrogen-bond donors (Lipinski definition) is 0. The van der Waals surface area contributed by atoms with Gasteiger partial charge in [0.05, 0.1) is 11.6 Å². The zero-order chi connectivity index (χ0) is 16.4. The molecule has 0 heterocycles. The summed E-state index contributed by atoms with van der Waals surface area (Å²) in [6.07, 6.45) is 0. The van der Waals surface area contributed by atoms with Gasteiger partial charge in [0.1, 0.15) is 0 Å². The fourth-order valence-corrected chi connectivity index (χ4v) is 2.15. The third-order valence-electron chi connectivity index (χ3n) is 2.68. The summed E-state index contributed by atoms with van der Waals surface area (Å²) in [5.41, 5.74) is -4.98. The highest BCUT2D eigenvalue weighted by atomic mass is 32.2. The number of rotatable bonds is 3. The van der Waals surface area contributed by atoms with Crippen LogP contribution in [0.2, 0.25) is 0 Å². The molecule has 0 fully saturated rings. The van der Waals surface area contributed by atoms with E-state index in [0.29, 0.717) is 5.56 Å². The van der Waals surface area contributed by atoms with Crippen molar-refractivity contribution in [2.24, 2.45) is 0 Å². The molecular weight excluding hydrogens is 319 g/mol. The second-order valence-corrected chi connectivity index (χ2v) is 5.71. The highest BCUT2D eigenvalue weighted by molar-refractivity contribution is 7.88. The van der Waals surface area contributed by atoms with Gasteiger partial charge in [-0.25, -0.2) is 0 Å². The molecule has 0 aromatic heterocycles. The van der Waals surface area contributed by atoms with Gasteiger partial charge in [0.2, 0.25) is 0 Å². The standard InChI is InChI=1S/C14H8F3NO3S/c15-14(16,17)22(19,20)21-13-8-10(9-18)6-7-12(13)11-4-2-1-3-5-11/h1-8H. The van der Waals surface area contributed by atoms with Gasteiger partial charge in [-0.1, -0.05) is 30.3 Å². The monoisotopic (exact) mass is 327 g/mol.